The zero-order valence-electron chi connectivity index (χ0n) is 11.2. The van der Waals surface area contributed by atoms with E-state index in [1.807, 2.05) is 0 Å². The Bertz CT molecular complexity index is 667. The molecule has 3 heterocycles. The van der Waals surface area contributed by atoms with Gasteiger partial charge in [-0.3, -0.25) is 0 Å². The Balaban J connectivity index is 1.83. The van der Waals surface area contributed by atoms with Crippen LogP contribution in [0.1, 0.15) is 34.4 Å². The van der Waals surface area contributed by atoms with Crippen molar-refractivity contribution < 1.29 is 0 Å². The maximum atomic E-state index is 9.15. The van der Waals surface area contributed by atoms with Gasteiger partial charge >= 0.3 is 0 Å². The van der Waals surface area contributed by atoms with Gasteiger partial charge in [-0.15, -0.1) is 21.5 Å². The van der Waals surface area contributed by atoms with E-state index in [4.69, 9.17) is 11.0 Å². The average Bonchev–Trinajstić information content (AvgIpc) is 3.01. The van der Waals surface area contributed by atoms with E-state index in [1.165, 1.54) is 16.2 Å². The van der Waals surface area contributed by atoms with Crippen LogP contribution >= 0.6 is 22.7 Å². The van der Waals surface area contributed by atoms with E-state index in [2.05, 4.69) is 28.1 Å². The predicted molar refractivity (Wildman–Crippen MR) is 82.1 cm³/mol. The zero-order chi connectivity index (χ0) is 14.1. The van der Waals surface area contributed by atoms with Crippen molar-refractivity contribution in [1.29, 1.82) is 5.26 Å². The number of rotatable bonds is 3. The molecule has 104 valence electrons. The monoisotopic (exact) mass is 305 g/mol. The van der Waals surface area contributed by atoms with Gasteiger partial charge in [-0.2, -0.15) is 5.26 Å². The fourth-order valence-corrected chi connectivity index (χ4v) is 4.45. The van der Waals surface area contributed by atoms with Crippen LogP contribution < -0.4 is 10.6 Å². The molecule has 0 atom stereocenters. The smallest absolute Gasteiger partial charge is 0.208 e. The Morgan fingerprint density at radius 1 is 1.40 bits per heavy atom. The van der Waals surface area contributed by atoms with Crippen molar-refractivity contribution >= 4 is 32.8 Å². The third-order valence-corrected chi connectivity index (χ3v) is 5.48. The highest BCUT2D eigenvalue weighted by Crippen LogP contribution is 2.36. The number of nitrogen functional groups attached to an aromatic ring is 1. The number of fused-ring (bicyclic) bond motifs is 1. The maximum absolute atomic E-state index is 9.15. The molecule has 2 N–H and O–H groups in total. The van der Waals surface area contributed by atoms with Gasteiger partial charge < -0.3 is 10.6 Å². The van der Waals surface area contributed by atoms with Crippen molar-refractivity contribution in [3.8, 4) is 6.07 Å². The normalized spacial score (nSPS) is 14.1. The van der Waals surface area contributed by atoms with Crippen LogP contribution in [0.25, 0.3) is 0 Å². The van der Waals surface area contributed by atoms with E-state index in [9.17, 15) is 0 Å². The van der Waals surface area contributed by atoms with Crippen LogP contribution in [0.5, 0.6) is 0 Å². The summed E-state index contributed by atoms with van der Waals surface area (Å²) in [6.07, 6.45) is 2.93. The van der Waals surface area contributed by atoms with Crippen LogP contribution in [0.15, 0.2) is 0 Å². The molecule has 0 bridgehead atoms. The van der Waals surface area contributed by atoms with E-state index in [-0.39, 0.29) is 0 Å². The highest BCUT2D eigenvalue weighted by atomic mass is 32.1. The lowest BCUT2D eigenvalue weighted by Crippen LogP contribution is -2.29. The number of hydrogen-bond acceptors (Lipinski definition) is 7. The van der Waals surface area contributed by atoms with Crippen LogP contribution in [0.2, 0.25) is 0 Å². The number of aryl methyl sites for hydroxylation is 1. The Morgan fingerprint density at radius 2 is 2.25 bits per heavy atom. The van der Waals surface area contributed by atoms with E-state index in [0.29, 0.717) is 10.6 Å². The van der Waals surface area contributed by atoms with Crippen molar-refractivity contribution in [2.24, 2.45) is 0 Å². The van der Waals surface area contributed by atoms with Crippen LogP contribution in [0, 0.1) is 11.3 Å². The Morgan fingerprint density at radius 3 is 3.00 bits per heavy atom. The highest BCUT2D eigenvalue weighted by Gasteiger charge is 2.25. The Kier molecular flexibility index (Phi) is 3.59. The van der Waals surface area contributed by atoms with Gasteiger partial charge in [0, 0.05) is 17.8 Å². The average molecular weight is 305 g/mol. The zero-order valence-corrected chi connectivity index (χ0v) is 12.9. The molecule has 0 spiro atoms. The number of hydrogen-bond donors (Lipinski definition) is 1. The van der Waals surface area contributed by atoms with Crippen LogP contribution in [-0.4, -0.2) is 16.7 Å². The van der Waals surface area contributed by atoms with Gasteiger partial charge in [-0.1, -0.05) is 18.3 Å². The maximum Gasteiger partial charge on any atom is 0.208 e. The second-order valence-electron chi connectivity index (χ2n) is 4.75. The number of nitrogens with two attached hydrogens (primary N) is 1. The molecule has 0 aromatic carbocycles. The van der Waals surface area contributed by atoms with E-state index in [1.54, 1.807) is 11.3 Å². The van der Waals surface area contributed by atoms with Crippen molar-refractivity contribution in [3.63, 3.8) is 0 Å². The molecule has 0 radical (unpaired) electrons. The summed E-state index contributed by atoms with van der Waals surface area (Å²) in [4.78, 5) is 3.42. The Hall–Kier alpha value is -1.65. The van der Waals surface area contributed by atoms with Gasteiger partial charge in [0.15, 0.2) is 0 Å². The molecule has 20 heavy (non-hydrogen) atoms. The second-order valence-corrected chi connectivity index (χ2v) is 6.93. The number of aromatic nitrogens is 2. The molecule has 7 heteroatoms. The Labute approximate surface area is 125 Å². The van der Waals surface area contributed by atoms with Crippen molar-refractivity contribution in [2.75, 3.05) is 17.2 Å². The molecule has 0 unspecified atom stereocenters. The molecular weight excluding hydrogens is 290 g/mol. The van der Waals surface area contributed by atoms with Gasteiger partial charge in [-0.25, -0.2) is 0 Å². The number of thiophene rings is 1. The topological polar surface area (TPSA) is 78.8 Å². The summed E-state index contributed by atoms with van der Waals surface area (Å²) in [7, 11) is 0. The summed E-state index contributed by atoms with van der Waals surface area (Å²) in [5.41, 5.74) is 7.72. The minimum Gasteiger partial charge on any atom is -0.389 e. The first-order chi connectivity index (χ1) is 9.72. The molecule has 2 aromatic heterocycles. The first-order valence-corrected chi connectivity index (χ1v) is 8.23. The second kappa shape index (κ2) is 5.38. The molecule has 0 saturated heterocycles. The molecular formula is C13H15N5S2. The van der Waals surface area contributed by atoms with Gasteiger partial charge in [0.05, 0.1) is 12.1 Å². The highest BCUT2D eigenvalue weighted by molar-refractivity contribution is 7.16. The molecule has 0 saturated carbocycles. The minimum atomic E-state index is 0.642. The number of anilines is 2. The summed E-state index contributed by atoms with van der Waals surface area (Å²) < 4.78 is 0. The fourth-order valence-electron chi connectivity index (χ4n) is 2.40. The summed E-state index contributed by atoms with van der Waals surface area (Å²) in [5, 5.41) is 20.4. The minimum absolute atomic E-state index is 0.642. The van der Waals surface area contributed by atoms with Crippen LogP contribution in [-0.2, 0) is 19.4 Å². The van der Waals surface area contributed by atoms with Gasteiger partial charge in [0.1, 0.15) is 16.1 Å². The third-order valence-electron chi connectivity index (χ3n) is 3.39. The molecule has 3 rings (SSSR count). The van der Waals surface area contributed by atoms with E-state index in [0.717, 1.165) is 48.1 Å². The summed E-state index contributed by atoms with van der Waals surface area (Å²) in [6, 6.07) is 2.22. The van der Waals surface area contributed by atoms with Gasteiger partial charge in [0.2, 0.25) is 5.13 Å². The summed E-state index contributed by atoms with van der Waals surface area (Å²) >= 11 is 3.19. The number of nitriles is 1. The molecule has 0 amide bonds. The molecule has 0 fully saturated rings. The van der Waals surface area contributed by atoms with Crippen molar-refractivity contribution in [1.82, 2.24) is 10.2 Å². The lowest BCUT2D eigenvalue weighted by molar-refractivity contribution is 0.733. The summed E-state index contributed by atoms with van der Waals surface area (Å²) in [6.45, 7) is 3.80. The first kappa shape index (κ1) is 13.3. The van der Waals surface area contributed by atoms with Gasteiger partial charge in [-0.05, 0) is 18.4 Å². The number of nitrogens with zero attached hydrogens (tertiary/aromatic N) is 4. The fraction of sp³-hybridized carbons (Fsp3) is 0.462. The molecule has 1 aliphatic rings. The standard InChI is InChI=1S/C13H15N5S2/c1-2-3-11-16-17-13(20-11)18-5-4-8-9(6-14)12(15)19-10(8)7-18/h2-5,7,15H2,1H3. The SMILES string of the molecule is CCCc1nnc(N2CCc3c(sc(N)c3C#N)C2)s1. The molecule has 5 nitrogen and oxygen atoms in total. The van der Waals surface area contributed by atoms with E-state index < -0.39 is 0 Å². The lowest BCUT2D eigenvalue weighted by Gasteiger charge is -2.25. The van der Waals surface area contributed by atoms with Crippen LogP contribution in [0.4, 0.5) is 10.1 Å². The predicted octanol–water partition coefficient (Wildman–Crippen LogP) is 2.57. The van der Waals surface area contributed by atoms with E-state index >= 15 is 0 Å². The van der Waals surface area contributed by atoms with Crippen molar-refractivity contribution in [2.45, 2.75) is 32.7 Å². The quantitative estimate of drug-likeness (QED) is 0.943. The van der Waals surface area contributed by atoms with Gasteiger partial charge in [0.25, 0.3) is 0 Å². The largest absolute Gasteiger partial charge is 0.389 e. The van der Waals surface area contributed by atoms with Crippen LogP contribution in [0.3, 0.4) is 0 Å². The lowest BCUT2D eigenvalue weighted by atomic mass is 10.0. The van der Waals surface area contributed by atoms with Crippen molar-refractivity contribution in [3.05, 3.63) is 21.0 Å². The summed E-state index contributed by atoms with van der Waals surface area (Å²) in [5.74, 6) is 0. The first-order valence-electron chi connectivity index (χ1n) is 6.60. The molecule has 1 aliphatic heterocycles. The third kappa shape index (κ3) is 2.25. The molecule has 0 aliphatic carbocycles. The molecule has 2 aromatic rings.